The van der Waals surface area contributed by atoms with Gasteiger partial charge >= 0.3 is 5.97 Å². The van der Waals surface area contributed by atoms with E-state index in [1.807, 2.05) is 27.2 Å². The number of unbranched alkanes of at least 4 members (excludes halogenated alkanes) is 4. The average Bonchev–Trinajstić information content (AvgIpc) is 3.13. The molecule has 0 rings (SSSR count). The summed E-state index contributed by atoms with van der Waals surface area (Å²) in [5.74, 6) is -0.388. The van der Waals surface area contributed by atoms with Crippen LogP contribution in [0.2, 0.25) is 0 Å². The fourth-order valence-corrected chi connectivity index (χ4v) is 5.45. The number of carbonyl (C=O) groups excluding carboxylic acids is 1. The van der Waals surface area contributed by atoms with Gasteiger partial charge < -0.3 is 27.9 Å². The van der Waals surface area contributed by atoms with Crippen LogP contribution < -0.4 is 4.89 Å². The summed E-state index contributed by atoms with van der Waals surface area (Å²) in [6.07, 6.45) is 52.7. The molecule has 0 spiro atoms. The molecule has 0 radical (unpaired) electrons. The normalized spacial score (nSPS) is 14.9. The quantitative estimate of drug-likeness (QED) is 0.0205. The van der Waals surface area contributed by atoms with Crippen molar-refractivity contribution in [2.45, 2.75) is 123 Å². The lowest BCUT2D eigenvalue weighted by atomic mass is 10.1. The second-order valence-electron chi connectivity index (χ2n) is 14.2. The molecule has 8 nitrogen and oxygen atoms in total. The zero-order valence-corrected chi connectivity index (χ0v) is 36.0. The Morgan fingerprint density at radius 1 is 0.564 bits per heavy atom. The van der Waals surface area contributed by atoms with Crippen molar-refractivity contribution in [2.24, 2.45) is 0 Å². The molecule has 0 heterocycles. The summed E-state index contributed by atoms with van der Waals surface area (Å²) in [5, 5.41) is 0. The molecule has 2 atom stereocenters. The minimum atomic E-state index is -4.56. The highest BCUT2D eigenvalue weighted by molar-refractivity contribution is 7.45. The first-order valence-corrected chi connectivity index (χ1v) is 22.1. The van der Waals surface area contributed by atoms with E-state index >= 15 is 0 Å². The molecule has 9 heteroatoms. The lowest BCUT2D eigenvalue weighted by Crippen LogP contribution is -2.37. The zero-order chi connectivity index (χ0) is 40.6. The van der Waals surface area contributed by atoms with Crippen LogP contribution in [-0.2, 0) is 27.9 Å². The van der Waals surface area contributed by atoms with Crippen LogP contribution in [0.25, 0.3) is 0 Å². The number of allylic oxidation sites excluding steroid dienone is 17. The van der Waals surface area contributed by atoms with Crippen molar-refractivity contribution in [2.75, 3.05) is 54.1 Å². The van der Waals surface area contributed by atoms with Gasteiger partial charge in [0.25, 0.3) is 7.82 Å². The van der Waals surface area contributed by atoms with E-state index in [-0.39, 0.29) is 32.2 Å². The molecule has 0 bridgehead atoms. The van der Waals surface area contributed by atoms with Gasteiger partial charge in [0.05, 0.1) is 41.0 Å². The van der Waals surface area contributed by atoms with Crippen LogP contribution >= 0.6 is 7.82 Å². The molecule has 0 aliphatic carbocycles. The maximum absolute atomic E-state index is 12.6. The summed E-state index contributed by atoms with van der Waals surface area (Å²) in [7, 11) is 1.27. The molecule has 0 aromatic heterocycles. The van der Waals surface area contributed by atoms with Gasteiger partial charge in [-0.2, -0.15) is 0 Å². The average molecular weight is 786 g/mol. The monoisotopic (exact) mass is 786 g/mol. The number of esters is 1. The van der Waals surface area contributed by atoms with Crippen molar-refractivity contribution >= 4 is 13.8 Å². The second-order valence-corrected chi connectivity index (χ2v) is 15.6. The third kappa shape index (κ3) is 42.1. The first-order chi connectivity index (χ1) is 26.6. The van der Waals surface area contributed by atoms with E-state index in [0.717, 1.165) is 83.5 Å². The highest BCUT2D eigenvalue weighted by atomic mass is 31.2. The molecule has 312 valence electrons. The number of likely N-dealkylation sites (N-methyl/N-ethyl adjacent to an activating group) is 1. The van der Waals surface area contributed by atoms with Gasteiger partial charge in [0.2, 0.25) is 0 Å². The molecular formula is C46H76NO7P. The van der Waals surface area contributed by atoms with E-state index in [2.05, 4.69) is 117 Å². The minimum absolute atomic E-state index is 0.000756. The molecule has 0 saturated heterocycles. The Morgan fingerprint density at radius 3 is 1.47 bits per heavy atom. The fraction of sp³-hybridized carbons (Fsp3) is 0.587. The second kappa shape index (κ2) is 38.1. The number of phosphoric ester groups is 1. The SMILES string of the molecule is CC/C=C\C/C=C\C/C=C\C/C=C\C/C=C\CCOCC(COP(=O)([O-])OCC[N+](C)(C)C)OC(=O)CCCCCC/C=C\C/C=C\C/C=C\C/C=C\CC. The molecule has 0 N–H and O–H groups in total. The van der Waals surface area contributed by atoms with Gasteiger partial charge in [-0.05, 0) is 83.5 Å². The highest BCUT2D eigenvalue weighted by Gasteiger charge is 2.20. The summed E-state index contributed by atoms with van der Waals surface area (Å²) in [6, 6.07) is 0. The van der Waals surface area contributed by atoms with Gasteiger partial charge in [-0.25, -0.2) is 0 Å². The number of quaternary nitrogens is 1. The number of carbonyl (C=O) groups is 1. The largest absolute Gasteiger partial charge is 0.756 e. The van der Waals surface area contributed by atoms with Gasteiger partial charge in [0, 0.05) is 6.42 Å². The summed E-state index contributed by atoms with van der Waals surface area (Å²) in [6.45, 7) is 4.87. The molecule has 0 amide bonds. The summed E-state index contributed by atoms with van der Waals surface area (Å²) in [4.78, 5) is 25.0. The van der Waals surface area contributed by atoms with Gasteiger partial charge in [-0.3, -0.25) is 9.36 Å². The van der Waals surface area contributed by atoms with Crippen LogP contribution in [0.1, 0.15) is 117 Å². The minimum Gasteiger partial charge on any atom is -0.756 e. The van der Waals surface area contributed by atoms with E-state index in [0.29, 0.717) is 30.5 Å². The topological polar surface area (TPSA) is 94.1 Å². The maximum Gasteiger partial charge on any atom is 0.306 e. The van der Waals surface area contributed by atoms with Gasteiger partial charge in [-0.1, -0.05) is 136 Å². The number of hydrogen-bond donors (Lipinski definition) is 0. The van der Waals surface area contributed by atoms with Crippen molar-refractivity contribution < 1.29 is 37.3 Å². The molecule has 0 aliphatic heterocycles. The Kier molecular flexibility index (Phi) is 36.1. The highest BCUT2D eigenvalue weighted by Crippen LogP contribution is 2.38. The van der Waals surface area contributed by atoms with Gasteiger partial charge in [-0.15, -0.1) is 0 Å². The number of nitrogens with zero attached hydrogens (tertiary/aromatic N) is 1. The Labute approximate surface area is 336 Å². The van der Waals surface area contributed by atoms with Crippen LogP contribution in [0.3, 0.4) is 0 Å². The summed E-state index contributed by atoms with van der Waals surface area (Å²) < 4.78 is 34.4. The van der Waals surface area contributed by atoms with Crippen LogP contribution in [0.15, 0.2) is 109 Å². The van der Waals surface area contributed by atoms with Gasteiger partial charge in [0.15, 0.2) is 0 Å². The molecule has 2 unspecified atom stereocenters. The van der Waals surface area contributed by atoms with Crippen molar-refractivity contribution in [3.8, 4) is 0 Å². The number of rotatable bonds is 36. The fourth-order valence-electron chi connectivity index (χ4n) is 4.72. The summed E-state index contributed by atoms with van der Waals surface area (Å²) >= 11 is 0. The summed E-state index contributed by atoms with van der Waals surface area (Å²) in [5.41, 5.74) is 0. The Balaban J connectivity index is 4.47. The number of phosphoric acid groups is 1. The van der Waals surface area contributed by atoms with Crippen molar-refractivity contribution in [1.82, 2.24) is 0 Å². The Hall–Kier alpha value is -2.84. The van der Waals surface area contributed by atoms with Crippen LogP contribution in [0.4, 0.5) is 0 Å². The predicted octanol–water partition coefficient (Wildman–Crippen LogP) is 11.4. The third-order valence-corrected chi connectivity index (χ3v) is 8.80. The third-order valence-electron chi connectivity index (χ3n) is 7.84. The zero-order valence-electron chi connectivity index (χ0n) is 35.1. The Morgan fingerprint density at radius 2 is 1.00 bits per heavy atom. The number of hydrogen-bond acceptors (Lipinski definition) is 7. The lowest BCUT2D eigenvalue weighted by molar-refractivity contribution is -0.870. The van der Waals surface area contributed by atoms with Crippen molar-refractivity contribution in [3.05, 3.63) is 109 Å². The Bertz CT molecular complexity index is 1240. The molecule has 0 aromatic carbocycles. The van der Waals surface area contributed by atoms with E-state index in [1.54, 1.807) is 0 Å². The molecule has 0 saturated carbocycles. The van der Waals surface area contributed by atoms with E-state index in [9.17, 15) is 14.3 Å². The van der Waals surface area contributed by atoms with Crippen LogP contribution in [0, 0.1) is 0 Å². The molecule has 0 fully saturated rings. The standard InChI is InChI=1S/C46H76NO7P/c1-6-8-10-12-14-16-18-20-22-24-25-27-29-31-33-35-37-39-46(48)54-45(44-53-55(49,50)52-42-40-47(3,4)5)43-51-41-38-36-34-32-30-28-26-23-21-19-17-15-13-11-9-7-2/h8-11,14-17,20-23,25,27-28,30,34,36,45H,6-7,12-13,18-19,24,26,29,31-33,35,37-44H2,1-5H3/b10-8-,11-9-,16-14-,17-15-,22-20-,23-21-,27-25-,30-28-,36-34-. The maximum atomic E-state index is 12.6. The molecule has 0 aliphatic rings. The number of ether oxygens (including phenoxy) is 2. The smallest absolute Gasteiger partial charge is 0.306 e. The van der Waals surface area contributed by atoms with Crippen LogP contribution in [-0.4, -0.2) is 70.7 Å². The first kappa shape index (κ1) is 52.2. The predicted molar refractivity (Wildman–Crippen MR) is 231 cm³/mol. The van der Waals surface area contributed by atoms with E-state index in [1.165, 1.54) is 0 Å². The molecular weight excluding hydrogens is 709 g/mol. The van der Waals surface area contributed by atoms with Crippen molar-refractivity contribution in [1.29, 1.82) is 0 Å². The molecule has 55 heavy (non-hydrogen) atoms. The lowest BCUT2D eigenvalue weighted by Gasteiger charge is -2.28. The van der Waals surface area contributed by atoms with E-state index in [4.69, 9.17) is 18.5 Å². The van der Waals surface area contributed by atoms with Gasteiger partial charge in [0.1, 0.15) is 19.3 Å². The first-order valence-electron chi connectivity index (χ1n) is 20.6. The van der Waals surface area contributed by atoms with Crippen molar-refractivity contribution in [3.63, 3.8) is 0 Å². The van der Waals surface area contributed by atoms with E-state index < -0.39 is 13.9 Å². The molecule has 0 aromatic rings. The van der Waals surface area contributed by atoms with Crippen LogP contribution in [0.5, 0.6) is 0 Å².